The van der Waals surface area contributed by atoms with Gasteiger partial charge in [-0.25, -0.2) is 8.78 Å². The third kappa shape index (κ3) is 3.04. The highest BCUT2D eigenvalue weighted by atomic mass is 35.5. The van der Waals surface area contributed by atoms with E-state index in [2.05, 4.69) is 5.32 Å². The van der Waals surface area contributed by atoms with E-state index in [1.165, 1.54) is 18.2 Å². The summed E-state index contributed by atoms with van der Waals surface area (Å²) in [6, 6.07) is 3.91. The highest BCUT2D eigenvalue weighted by molar-refractivity contribution is 6.31. The van der Waals surface area contributed by atoms with Crippen molar-refractivity contribution < 1.29 is 18.7 Å². The molecule has 19 heavy (non-hydrogen) atoms. The van der Waals surface area contributed by atoms with Gasteiger partial charge in [0.1, 0.15) is 0 Å². The molecule has 6 heteroatoms. The van der Waals surface area contributed by atoms with Crippen molar-refractivity contribution in [3.8, 4) is 0 Å². The quantitative estimate of drug-likeness (QED) is 0.898. The highest BCUT2D eigenvalue weighted by Crippen LogP contribution is 2.35. The van der Waals surface area contributed by atoms with Crippen molar-refractivity contribution in [1.82, 2.24) is 5.32 Å². The molecule has 0 bridgehead atoms. The molecule has 0 radical (unpaired) electrons. The van der Waals surface area contributed by atoms with Crippen LogP contribution in [-0.2, 0) is 10.7 Å². The fraction of sp³-hybridized carbons (Fsp3) is 0.462. The average Bonchev–Trinajstić information content (AvgIpc) is 2.76. The summed E-state index contributed by atoms with van der Waals surface area (Å²) in [5, 5.41) is 12.2. The maximum absolute atomic E-state index is 13.2. The second-order valence-corrected chi connectivity index (χ2v) is 5.26. The number of hydrogen-bond acceptors (Lipinski definition) is 2. The Hall–Kier alpha value is -1.20. The van der Waals surface area contributed by atoms with E-state index in [-0.39, 0.29) is 16.6 Å². The Kier molecular flexibility index (Phi) is 3.78. The molecule has 0 spiro atoms. The number of carboxylic acids is 1. The van der Waals surface area contributed by atoms with Crippen molar-refractivity contribution in [3.05, 3.63) is 34.3 Å². The minimum atomic E-state index is -2.94. The van der Waals surface area contributed by atoms with Crippen LogP contribution in [0.3, 0.4) is 0 Å². The maximum Gasteiger partial charge on any atom is 0.307 e. The Morgan fingerprint density at radius 2 is 2.21 bits per heavy atom. The average molecular weight is 290 g/mol. The molecule has 2 N–H and O–H groups in total. The summed E-state index contributed by atoms with van der Waals surface area (Å²) in [7, 11) is 0. The molecular weight excluding hydrogens is 276 g/mol. The van der Waals surface area contributed by atoms with Gasteiger partial charge in [0, 0.05) is 30.1 Å². The van der Waals surface area contributed by atoms with Crippen LogP contribution in [0.15, 0.2) is 18.2 Å². The zero-order chi connectivity index (χ0) is 14.2. The van der Waals surface area contributed by atoms with E-state index in [0.29, 0.717) is 18.5 Å². The van der Waals surface area contributed by atoms with Gasteiger partial charge in [-0.15, -0.1) is 0 Å². The van der Waals surface area contributed by atoms with Gasteiger partial charge in [-0.3, -0.25) is 4.79 Å². The smallest absolute Gasteiger partial charge is 0.307 e. The molecule has 2 rings (SSSR count). The first-order valence-corrected chi connectivity index (χ1v) is 6.30. The Morgan fingerprint density at radius 3 is 2.68 bits per heavy atom. The summed E-state index contributed by atoms with van der Waals surface area (Å²) in [6.07, 6.45) is 0.414. The molecule has 1 heterocycles. The summed E-state index contributed by atoms with van der Waals surface area (Å²) in [5.74, 6) is -4.26. The van der Waals surface area contributed by atoms with E-state index >= 15 is 0 Å². The van der Waals surface area contributed by atoms with E-state index in [4.69, 9.17) is 16.7 Å². The monoisotopic (exact) mass is 289 g/mol. The van der Waals surface area contributed by atoms with Gasteiger partial charge in [-0.05, 0) is 18.1 Å². The minimum Gasteiger partial charge on any atom is -0.481 e. The van der Waals surface area contributed by atoms with Gasteiger partial charge >= 0.3 is 5.97 Å². The summed E-state index contributed by atoms with van der Waals surface area (Å²) in [6.45, 7) is 1.18. The van der Waals surface area contributed by atoms with Crippen LogP contribution in [0.25, 0.3) is 0 Å². The van der Waals surface area contributed by atoms with Crippen molar-refractivity contribution >= 4 is 17.6 Å². The predicted molar refractivity (Wildman–Crippen MR) is 67.5 cm³/mol. The van der Waals surface area contributed by atoms with Crippen LogP contribution in [0, 0.1) is 5.92 Å². The molecule has 1 fully saturated rings. The summed E-state index contributed by atoms with van der Waals surface area (Å²) < 4.78 is 26.3. The summed E-state index contributed by atoms with van der Waals surface area (Å²) in [4.78, 5) is 10.9. The zero-order valence-corrected chi connectivity index (χ0v) is 11.0. The van der Waals surface area contributed by atoms with Gasteiger partial charge in [-0.1, -0.05) is 23.7 Å². The molecule has 1 aliphatic rings. The van der Waals surface area contributed by atoms with Crippen molar-refractivity contribution in [2.24, 2.45) is 5.92 Å². The van der Waals surface area contributed by atoms with Crippen LogP contribution in [0.1, 0.15) is 30.5 Å². The number of halogens is 3. The van der Waals surface area contributed by atoms with Crippen molar-refractivity contribution in [3.63, 3.8) is 0 Å². The largest absolute Gasteiger partial charge is 0.481 e. The van der Waals surface area contributed by atoms with Gasteiger partial charge in [0.15, 0.2) is 0 Å². The standard InChI is InChI=1S/C13H14ClF2NO2/c1-13(15,16)8-2-3-9(10(14)5-8)11-4-7(6-17-11)12(18)19/h2-3,5,7,11,17H,4,6H2,1H3,(H,18,19). The van der Waals surface area contributed by atoms with Crippen LogP contribution in [0.5, 0.6) is 0 Å². The first kappa shape index (κ1) is 14.2. The molecule has 1 aromatic carbocycles. The molecule has 0 amide bonds. The first-order valence-electron chi connectivity index (χ1n) is 5.93. The van der Waals surface area contributed by atoms with Gasteiger partial charge in [0.25, 0.3) is 5.92 Å². The van der Waals surface area contributed by atoms with Crippen LogP contribution in [0.4, 0.5) is 8.78 Å². The highest BCUT2D eigenvalue weighted by Gasteiger charge is 2.32. The normalized spacial score (nSPS) is 23.6. The van der Waals surface area contributed by atoms with Crippen molar-refractivity contribution in [1.29, 1.82) is 0 Å². The Labute approximate surface area is 114 Å². The fourth-order valence-corrected chi connectivity index (χ4v) is 2.56. The van der Waals surface area contributed by atoms with E-state index < -0.39 is 17.8 Å². The second kappa shape index (κ2) is 5.06. The molecule has 2 unspecified atom stereocenters. The molecule has 2 atom stereocenters. The Morgan fingerprint density at radius 1 is 1.53 bits per heavy atom. The van der Waals surface area contributed by atoms with Crippen LogP contribution >= 0.6 is 11.6 Å². The summed E-state index contributed by atoms with van der Waals surface area (Å²) in [5.41, 5.74) is 0.521. The lowest BCUT2D eigenvalue weighted by molar-refractivity contribution is -0.141. The molecule has 0 aromatic heterocycles. The molecule has 0 saturated carbocycles. The van der Waals surface area contributed by atoms with Crippen molar-refractivity contribution in [2.75, 3.05) is 6.54 Å². The Balaban J connectivity index is 2.21. The van der Waals surface area contributed by atoms with Gasteiger partial charge in [-0.2, -0.15) is 0 Å². The lowest BCUT2D eigenvalue weighted by Gasteiger charge is -2.16. The Bertz CT molecular complexity index is 502. The first-order chi connectivity index (χ1) is 8.79. The summed E-state index contributed by atoms with van der Waals surface area (Å²) >= 11 is 6.02. The van der Waals surface area contributed by atoms with E-state index in [0.717, 1.165) is 6.92 Å². The zero-order valence-electron chi connectivity index (χ0n) is 10.3. The molecule has 1 saturated heterocycles. The van der Waals surface area contributed by atoms with Gasteiger partial charge in [0.2, 0.25) is 0 Å². The van der Waals surface area contributed by atoms with Crippen LogP contribution < -0.4 is 5.32 Å². The van der Waals surface area contributed by atoms with Gasteiger partial charge in [0.05, 0.1) is 5.92 Å². The topological polar surface area (TPSA) is 49.3 Å². The minimum absolute atomic E-state index is 0.144. The number of rotatable bonds is 3. The number of carboxylic acid groups (broad SMARTS) is 1. The number of hydrogen-bond donors (Lipinski definition) is 2. The van der Waals surface area contributed by atoms with E-state index in [1.54, 1.807) is 0 Å². The van der Waals surface area contributed by atoms with E-state index in [1.807, 2.05) is 0 Å². The predicted octanol–water partition coefficient (Wildman–Crippen LogP) is 3.19. The lowest BCUT2D eigenvalue weighted by Crippen LogP contribution is -2.17. The van der Waals surface area contributed by atoms with Crippen LogP contribution in [0.2, 0.25) is 5.02 Å². The van der Waals surface area contributed by atoms with Crippen molar-refractivity contribution in [2.45, 2.75) is 25.3 Å². The number of benzene rings is 1. The number of nitrogens with one attached hydrogen (secondary N) is 1. The fourth-order valence-electron chi connectivity index (χ4n) is 2.24. The SMILES string of the molecule is CC(F)(F)c1ccc(C2CC(C(=O)O)CN2)c(Cl)c1. The number of alkyl halides is 2. The second-order valence-electron chi connectivity index (χ2n) is 4.86. The molecule has 1 aromatic rings. The molecule has 1 aliphatic heterocycles. The van der Waals surface area contributed by atoms with Gasteiger partial charge < -0.3 is 10.4 Å². The third-order valence-electron chi connectivity index (χ3n) is 3.36. The van der Waals surface area contributed by atoms with E-state index in [9.17, 15) is 13.6 Å². The maximum atomic E-state index is 13.2. The molecule has 0 aliphatic carbocycles. The lowest BCUT2D eigenvalue weighted by atomic mass is 9.98. The number of aliphatic carboxylic acids is 1. The van der Waals surface area contributed by atoms with Crippen LogP contribution in [-0.4, -0.2) is 17.6 Å². The third-order valence-corrected chi connectivity index (χ3v) is 3.69. The molecule has 104 valence electrons. The number of carbonyl (C=O) groups is 1. The molecular formula is C13H14ClF2NO2. The molecule has 3 nitrogen and oxygen atoms in total.